The van der Waals surface area contributed by atoms with E-state index in [1.165, 1.54) is 18.2 Å². The summed E-state index contributed by atoms with van der Waals surface area (Å²) in [5, 5.41) is 8.45. The Labute approximate surface area is 251 Å². The Morgan fingerprint density at radius 1 is 1.02 bits per heavy atom. The number of aryl methyl sites for hydroxylation is 1. The number of pyridine rings is 1. The third-order valence-electron chi connectivity index (χ3n) is 6.62. The first-order valence-corrected chi connectivity index (χ1v) is 14.4. The Morgan fingerprint density at radius 3 is 2.63 bits per heavy atom. The van der Waals surface area contributed by atoms with Gasteiger partial charge in [-0.1, -0.05) is 12.1 Å². The van der Waals surface area contributed by atoms with Gasteiger partial charge in [0.1, 0.15) is 29.6 Å². The predicted octanol–water partition coefficient (Wildman–Crippen LogP) is 5.64. The van der Waals surface area contributed by atoms with Gasteiger partial charge in [-0.2, -0.15) is 0 Å². The molecule has 3 N–H and O–H groups in total. The molecule has 222 valence electrons. The number of amides is 2. The van der Waals surface area contributed by atoms with Crippen LogP contribution in [-0.2, 0) is 27.9 Å². The zero-order valence-corrected chi connectivity index (χ0v) is 24.8. The quantitative estimate of drug-likeness (QED) is 0.125. The third kappa shape index (κ3) is 7.23. The Kier molecular flexibility index (Phi) is 9.40. The minimum absolute atomic E-state index is 0.0245. The molecule has 0 unspecified atom stereocenters. The number of nitrogens with one attached hydrogen (secondary N) is 3. The number of anilines is 2. The van der Waals surface area contributed by atoms with Gasteiger partial charge in [0.25, 0.3) is 0 Å². The maximum absolute atomic E-state index is 13.8. The van der Waals surface area contributed by atoms with E-state index in [0.29, 0.717) is 30.3 Å². The summed E-state index contributed by atoms with van der Waals surface area (Å²) in [6, 6.07) is 14.8. The molecule has 0 atom stereocenters. The van der Waals surface area contributed by atoms with Crippen LogP contribution in [-0.4, -0.2) is 46.6 Å². The second-order valence-corrected chi connectivity index (χ2v) is 10.8. The normalized spacial score (nSPS) is 11.1. The van der Waals surface area contributed by atoms with E-state index in [0.717, 1.165) is 38.7 Å². The molecular weight excluding hydrogens is 571 g/mol. The standard InChI is InChI=1S/C31H31FN6O4S/c1-19-14-20(36-28(39)16-29(40)37-23-7-5-4-6-22(23)32)8-9-25(19)42-26-10-11-34-24-15-27(43-30(24)26)31-35-18-21(38(31)2)17-33-12-13-41-3/h4-11,14-15,18,33H,12-13,16-17H2,1-3H3,(H,36,39)(H,37,40). The van der Waals surface area contributed by atoms with Crippen LogP contribution >= 0.6 is 11.3 Å². The van der Waals surface area contributed by atoms with Crippen LogP contribution in [0.25, 0.3) is 20.9 Å². The summed E-state index contributed by atoms with van der Waals surface area (Å²) in [4.78, 5) is 34.8. The lowest BCUT2D eigenvalue weighted by Gasteiger charge is -2.12. The number of methoxy groups -OCH3 is 1. The van der Waals surface area contributed by atoms with Crippen molar-refractivity contribution in [2.24, 2.45) is 7.05 Å². The molecule has 10 nitrogen and oxygen atoms in total. The van der Waals surface area contributed by atoms with E-state index < -0.39 is 24.1 Å². The Balaban J connectivity index is 1.25. The molecule has 0 radical (unpaired) electrons. The van der Waals surface area contributed by atoms with E-state index >= 15 is 0 Å². The summed E-state index contributed by atoms with van der Waals surface area (Å²) in [6.45, 7) is 3.94. The summed E-state index contributed by atoms with van der Waals surface area (Å²) in [5.74, 6) is 0.404. The maximum atomic E-state index is 13.8. The lowest BCUT2D eigenvalue weighted by molar-refractivity contribution is -0.123. The molecule has 5 aromatic rings. The van der Waals surface area contributed by atoms with Gasteiger partial charge in [-0.15, -0.1) is 11.3 Å². The van der Waals surface area contributed by atoms with E-state index in [9.17, 15) is 14.0 Å². The number of aromatic nitrogens is 3. The van der Waals surface area contributed by atoms with Crippen LogP contribution < -0.4 is 20.7 Å². The van der Waals surface area contributed by atoms with Gasteiger partial charge in [-0.3, -0.25) is 14.6 Å². The fourth-order valence-electron chi connectivity index (χ4n) is 4.40. The van der Waals surface area contributed by atoms with Gasteiger partial charge in [0.05, 0.1) is 39.3 Å². The van der Waals surface area contributed by atoms with Crippen molar-refractivity contribution in [1.82, 2.24) is 19.9 Å². The minimum atomic E-state index is -0.614. The van der Waals surface area contributed by atoms with E-state index in [4.69, 9.17) is 9.47 Å². The van der Waals surface area contributed by atoms with Crippen molar-refractivity contribution in [3.05, 3.63) is 84.1 Å². The van der Waals surface area contributed by atoms with E-state index in [-0.39, 0.29) is 5.69 Å². The summed E-state index contributed by atoms with van der Waals surface area (Å²) < 4.78 is 28.1. The van der Waals surface area contributed by atoms with Crippen LogP contribution in [0.15, 0.2) is 67.0 Å². The molecule has 0 saturated carbocycles. The molecule has 0 aliphatic carbocycles. The fraction of sp³-hybridized carbons (Fsp3) is 0.226. The second-order valence-electron chi connectivity index (χ2n) is 9.77. The largest absolute Gasteiger partial charge is 0.455 e. The maximum Gasteiger partial charge on any atom is 0.233 e. The number of thiophene rings is 1. The number of para-hydroxylation sites is 1. The number of ether oxygens (including phenoxy) is 2. The number of hydrogen-bond acceptors (Lipinski definition) is 8. The van der Waals surface area contributed by atoms with Crippen molar-refractivity contribution in [2.75, 3.05) is 30.9 Å². The molecular formula is C31H31FN6O4S. The van der Waals surface area contributed by atoms with Gasteiger partial charge in [-0.05, 0) is 48.9 Å². The lowest BCUT2D eigenvalue weighted by Crippen LogP contribution is -2.21. The van der Waals surface area contributed by atoms with Crippen molar-refractivity contribution in [3.63, 3.8) is 0 Å². The number of carbonyl (C=O) groups excluding carboxylic acids is 2. The highest BCUT2D eigenvalue weighted by Gasteiger charge is 2.17. The first-order chi connectivity index (χ1) is 20.8. The highest BCUT2D eigenvalue weighted by atomic mass is 32.1. The Bertz CT molecular complexity index is 1770. The summed E-state index contributed by atoms with van der Waals surface area (Å²) in [7, 11) is 3.67. The summed E-state index contributed by atoms with van der Waals surface area (Å²) >= 11 is 1.55. The van der Waals surface area contributed by atoms with Gasteiger partial charge in [0, 0.05) is 45.2 Å². The lowest BCUT2D eigenvalue weighted by atomic mass is 10.2. The number of carbonyl (C=O) groups is 2. The zero-order valence-electron chi connectivity index (χ0n) is 23.9. The van der Waals surface area contributed by atoms with Crippen molar-refractivity contribution >= 4 is 44.7 Å². The van der Waals surface area contributed by atoms with Gasteiger partial charge in [0.15, 0.2) is 0 Å². The van der Waals surface area contributed by atoms with E-state index in [2.05, 4.69) is 30.5 Å². The monoisotopic (exact) mass is 602 g/mol. The number of rotatable bonds is 12. The number of benzene rings is 2. The van der Waals surface area contributed by atoms with Crippen LogP contribution in [0.5, 0.6) is 11.5 Å². The first-order valence-electron chi connectivity index (χ1n) is 13.5. The molecule has 3 aromatic heterocycles. The van der Waals surface area contributed by atoms with Crippen LogP contribution in [0.3, 0.4) is 0 Å². The molecule has 43 heavy (non-hydrogen) atoms. The number of imidazole rings is 1. The fourth-order valence-corrected chi connectivity index (χ4v) is 5.50. The van der Waals surface area contributed by atoms with Crippen LogP contribution in [0.2, 0.25) is 0 Å². The highest BCUT2D eigenvalue weighted by Crippen LogP contribution is 2.39. The number of halogens is 1. The number of fused-ring (bicyclic) bond motifs is 1. The molecule has 0 fully saturated rings. The van der Waals surface area contributed by atoms with Crippen molar-refractivity contribution in [3.8, 4) is 22.2 Å². The van der Waals surface area contributed by atoms with Crippen molar-refractivity contribution in [2.45, 2.75) is 19.9 Å². The molecule has 0 spiro atoms. The second kappa shape index (κ2) is 13.6. The third-order valence-corrected chi connectivity index (χ3v) is 7.75. The molecule has 5 rings (SSSR count). The molecule has 12 heteroatoms. The molecule has 2 aromatic carbocycles. The average molecular weight is 603 g/mol. The van der Waals surface area contributed by atoms with Gasteiger partial charge in [-0.25, -0.2) is 9.37 Å². The van der Waals surface area contributed by atoms with Gasteiger partial charge >= 0.3 is 0 Å². The average Bonchev–Trinajstić information content (AvgIpc) is 3.57. The molecule has 2 amide bonds. The number of nitrogens with zero attached hydrogens (tertiary/aromatic N) is 3. The number of hydrogen-bond donors (Lipinski definition) is 3. The first kappa shape index (κ1) is 29.8. The van der Waals surface area contributed by atoms with Crippen LogP contribution in [0, 0.1) is 12.7 Å². The summed E-state index contributed by atoms with van der Waals surface area (Å²) in [6.07, 6.45) is 3.11. The Hall–Kier alpha value is -4.65. The van der Waals surface area contributed by atoms with Crippen LogP contribution in [0.1, 0.15) is 17.7 Å². The van der Waals surface area contributed by atoms with Crippen molar-refractivity contribution < 1.29 is 23.5 Å². The van der Waals surface area contributed by atoms with Crippen LogP contribution in [0.4, 0.5) is 15.8 Å². The minimum Gasteiger partial charge on any atom is -0.455 e. The molecule has 0 aliphatic rings. The molecule has 0 bridgehead atoms. The molecule has 0 aliphatic heterocycles. The summed E-state index contributed by atoms with van der Waals surface area (Å²) in [5.41, 5.74) is 3.17. The van der Waals surface area contributed by atoms with Gasteiger partial charge < -0.3 is 30.0 Å². The van der Waals surface area contributed by atoms with E-state index in [1.54, 1.807) is 48.9 Å². The predicted molar refractivity (Wildman–Crippen MR) is 165 cm³/mol. The van der Waals surface area contributed by atoms with E-state index in [1.807, 2.05) is 32.3 Å². The smallest absolute Gasteiger partial charge is 0.233 e. The highest BCUT2D eigenvalue weighted by molar-refractivity contribution is 7.22. The molecule has 3 heterocycles. The zero-order chi connectivity index (χ0) is 30.3. The topological polar surface area (TPSA) is 119 Å². The van der Waals surface area contributed by atoms with Gasteiger partial charge in [0.2, 0.25) is 11.8 Å². The Morgan fingerprint density at radius 2 is 1.84 bits per heavy atom. The van der Waals surface area contributed by atoms with Crippen molar-refractivity contribution in [1.29, 1.82) is 0 Å². The SMILES string of the molecule is COCCNCc1cnc(-c2cc3nccc(Oc4ccc(NC(=O)CC(=O)Nc5ccccc5F)cc4C)c3s2)n1C. The molecule has 0 saturated heterocycles.